The van der Waals surface area contributed by atoms with Crippen molar-refractivity contribution in [3.63, 3.8) is 0 Å². The van der Waals surface area contributed by atoms with Gasteiger partial charge < -0.3 is 0 Å². The van der Waals surface area contributed by atoms with Crippen LogP contribution in [0.5, 0.6) is 0 Å². The zero-order valence-corrected chi connectivity index (χ0v) is 14.7. The van der Waals surface area contributed by atoms with Crippen LogP contribution in [0.2, 0.25) is 0 Å². The van der Waals surface area contributed by atoms with Gasteiger partial charge in [-0.2, -0.15) is 0 Å². The molecule has 1 atom stereocenters. The number of hydrogen-bond acceptors (Lipinski definition) is 5. The fourth-order valence-electron chi connectivity index (χ4n) is 1.93. The predicted octanol–water partition coefficient (Wildman–Crippen LogP) is 2.34. The van der Waals surface area contributed by atoms with Crippen LogP contribution in [-0.4, -0.2) is 29.1 Å². The summed E-state index contributed by atoms with van der Waals surface area (Å²) < 4.78 is 64.2. The van der Waals surface area contributed by atoms with Gasteiger partial charge in [0.05, 0.1) is 10.6 Å². The van der Waals surface area contributed by atoms with Gasteiger partial charge in [-0.05, 0) is 42.6 Å². The van der Waals surface area contributed by atoms with Crippen molar-refractivity contribution in [2.45, 2.75) is 17.1 Å². The third-order valence-corrected chi connectivity index (χ3v) is 7.85. The Morgan fingerprint density at radius 2 is 1.78 bits per heavy atom. The largest absolute Gasteiger partial charge is 0.223 e. The first kappa shape index (κ1) is 18.1. The third kappa shape index (κ3) is 4.37. The zero-order chi connectivity index (χ0) is 17.1. The van der Waals surface area contributed by atoms with Crippen LogP contribution in [0, 0.1) is 5.82 Å². The summed E-state index contributed by atoms with van der Waals surface area (Å²) >= 11 is 1.23. The van der Waals surface area contributed by atoms with Gasteiger partial charge in [0, 0.05) is 11.4 Å². The quantitative estimate of drug-likeness (QED) is 0.751. The van der Waals surface area contributed by atoms with Crippen LogP contribution in [0.4, 0.5) is 4.39 Å². The van der Waals surface area contributed by atoms with E-state index in [9.17, 15) is 21.2 Å². The average molecular weight is 377 g/mol. The maximum Gasteiger partial charge on any atom is 0.211 e. The Kier molecular flexibility index (Phi) is 5.56. The first-order valence-corrected chi connectivity index (χ1v) is 10.8. The number of thiophene rings is 1. The first-order chi connectivity index (χ1) is 10.8. The number of nitrogens with one attached hydrogen (secondary N) is 1. The SMILES string of the molecule is CCS(=O)(=O)NC[C@@H](c1cccs1)S(=O)(=O)c1ccc(F)cc1. The predicted molar refractivity (Wildman–Crippen MR) is 88.1 cm³/mol. The van der Waals surface area contributed by atoms with Gasteiger partial charge in [0.15, 0.2) is 9.84 Å². The smallest absolute Gasteiger partial charge is 0.211 e. The van der Waals surface area contributed by atoms with E-state index >= 15 is 0 Å². The topological polar surface area (TPSA) is 80.3 Å². The number of halogens is 1. The summed E-state index contributed by atoms with van der Waals surface area (Å²) in [7, 11) is -7.38. The van der Waals surface area contributed by atoms with E-state index in [1.54, 1.807) is 17.5 Å². The highest BCUT2D eigenvalue weighted by molar-refractivity contribution is 7.92. The van der Waals surface area contributed by atoms with E-state index in [1.165, 1.54) is 30.4 Å². The molecule has 0 bridgehead atoms. The van der Waals surface area contributed by atoms with E-state index < -0.39 is 30.9 Å². The zero-order valence-electron chi connectivity index (χ0n) is 12.3. The molecule has 2 rings (SSSR count). The lowest BCUT2D eigenvalue weighted by Crippen LogP contribution is -2.32. The van der Waals surface area contributed by atoms with Crippen molar-refractivity contribution in [3.05, 3.63) is 52.5 Å². The lowest BCUT2D eigenvalue weighted by molar-refractivity contribution is 0.570. The number of hydrogen-bond donors (Lipinski definition) is 1. The Morgan fingerprint density at radius 1 is 1.13 bits per heavy atom. The van der Waals surface area contributed by atoms with Gasteiger partial charge in [-0.3, -0.25) is 0 Å². The molecule has 23 heavy (non-hydrogen) atoms. The highest BCUT2D eigenvalue weighted by atomic mass is 32.2. The van der Waals surface area contributed by atoms with E-state index in [1.807, 2.05) is 0 Å². The molecule has 0 saturated heterocycles. The molecule has 0 saturated carbocycles. The highest BCUT2D eigenvalue weighted by Crippen LogP contribution is 2.31. The normalized spacial score (nSPS) is 13.8. The van der Waals surface area contributed by atoms with E-state index in [2.05, 4.69) is 4.72 Å². The minimum atomic E-state index is -3.85. The van der Waals surface area contributed by atoms with Crippen molar-refractivity contribution in [1.29, 1.82) is 0 Å². The number of sulfone groups is 1. The van der Waals surface area contributed by atoms with Gasteiger partial charge in [0.2, 0.25) is 10.0 Å². The summed E-state index contributed by atoms with van der Waals surface area (Å²) in [6, 6.07) is 7.82. The fraction of sp³-hybridized carbons (Fsp3) is 0.286. The Bertz CT molecular complexity index is 844. The second-order valence-electron chi connectivity index (χ2n) is 4.75. The number of rotatable bonds is 7. The van der Waals surface area contributed by atoms with Crippen LogP contribution in [0.1, 0.15) is 17.1 Å². The molecular weight excluding hydrogens is 361 g/mol. The van der Waals surface area contributed by atoms with Gasteiger partial charge in [0.25, 0.3) is 0 Å². The summed E-state index contributed by atoms with van der Waals surface area (Å²) in [5.74, 6) is -0.677. The summed E-state index contributed by atoms with van der Waals surface area (Å²) in [6.07, 6.45) is 0. The Balaban J connectivity index is 2.39. The Morgan fingerprint density at radius 3 is 2.30 bits per heavy atom. The molecule has 5 nitrogen and oxygen atoms in total. The molecule has 0 unspecified atom stereocenters. The van der Waals surface area contributed by atoms with Crippen LogP contribution in [-0.2, 0) is 19.9 Å². The van der Waals surface area contributed by atoms with E-state index in [-0.39, 0.29) is 17.2 Å². The molecule has 0 spiro atoms. The lowest BCUT2D eigenvalue weighted by atomic mass is 10.3. The summed E-state index contributed by atoms with van der Waals surface area (Å²) in [6.45, 7) is 1.20. The molecule has 126 valence electrons. The molecule has 0 radical (unpaired) electrons. The molecule has 1 N–H and O–H groups in total. The molecule has 1 aromatic carbocycles. The van der Waals surface area contributed by atoms with Crippen molar-refractivity contribution >= 4 is 31.2 Å². The standard InChI is InChI=1S/C14H16FNO4S3/c1-2-22(17,18)16-10-14(13-4-3-9-21-13)23(19,20)12-7-5-11(15)6-8-12/h3-9,14,16H,2,10H2,1H3/t14-/m0/s1. The van der Waals surface area contributed by atoms with Crippen molar-refractivity contribution in [1.82, 2.24) is 4.72 Å². The third-order valence-electron chi connectivity index (χ3n) is 3.25. The Labute approximate surface area is 139 Å². The van der Waals surface area contributed by atoms with Crippen LogP contribution >= 0.6 is 11.3 Å². The number of sulfonamides is 1. The summed E-state index contributed by atoms with van der Waals surface area (Å²) in [5.41, 5.74) is 0. The molecule has 9 heteroatoms. The minimum absolute atomic E-state index is 0.0482. The molecule has 0 amide bonds. The molecule has 0 fully saturated rings. The molecular formula is C14H16FNO4S3. The Hall–Kier alpha value is -1.29. The van der Waals surface area contributed by atoms with Crippen LogP contribution in [0.15, 0.2) is 46.7 Å². The summed E-state index contributed by atoms with van der Waals surface area (Å²) in [5, 5.41) is 0.658. The van der Waals surface area contributed by atoms with E-state index in [0.717, 1.165) is 12.1 Å². The lowest BCUT2D eigenvalue weighted by Gasteiger charge is -2.17. The van der Waals surface area contributed by atoms with Gasteiger partial charge in [-0.1, -0.05) is 6.07 Å². The van der Waals surface area contributed by atoms with Gasteiger partial charge in [0.1, 0.15) is 11.1 Å². The first-order valence-electron chi connectivity index (χ1n) is 6.76. The van der Waals surface area contributed by atoms with Crippen LogP contribution in [0.3, 0.4) is 0 Å². The average Bonchev–Trinajstić information content (AvgIpc) is 3.01. The van der Waals surface area contributed by atoms with Crippen molar-refractivity contribution in [2.24, 2.45) is 0 Å². The second-order valence-corrected chi connectivity index (χ2v) is 9.96. The summed E-state index contributed by atoms with van der Waals surface area (Å²) in [4.78, 5) is 0.473. The van der Waals surface area contributed by atoms with Crippen LogP contribution < -0.4 is 4.72 Å². The molecule has 0 aliphatic heterocycles. The van der Waals surface area contributed by atoms with Gasteiger partial charge >= 0.3 is 0 Å². The molecule has 0 aliphatic carbocycles. The van der Waals surface area contributed by atoms with Gasteiger partial charge in [-0.25, -0.2) is 25.9 Å². The number of benzene rings is 1. The monoisotopic (exact) mass is 377 g/mol. The fourth-order valence-corrected chi connectivity index (χ4v) is 5.45. The van der Waals surface area contributed by atoms with E-state index in [0.29, 0.717) is 4.88 Å². The highest BCUT2D eigenvalue weighted by Gasteiger charge is 2.31. The van der Waals surface area contributed by atoms with Crippen LogP contribution in [0.25, 0.3) is 0 Å². The maximum atomic E-state index is 13.0. The van der Waals surface area contributed by atoms with Gasteiger partial charge in [-0.15, -0.1) is 11.3 Å². The van der Waals surface area contributed by atoms with E-state index in [4.69, 9.17) is 0 Å². The maximum absolute atomic E-state index is 13.0. The molecule has 2 aromatic rings. The second kappa shape index (κ2) is 7.08. The molecule has 0 aliphatic rings. The van der Waals surface area contributed by atoms with Crippen molar-refractivity contribution < 1.29 is 21.2 Å². The molecule has 1 heterocycles. The van der Waals surface area contributed by atoms with Crippen molar-refractivity contribution in [3.8, 4) is 0 Å². The van der Waals surface area contributed by atoms with Crippen molar-refractivity contribution in [2.75, 3.05) is 12.3 Å². The minimum Gasteiger partial charge on any atom is -0.223 e. The molecule has 1 aromatic heterocycles.